The van der Waals surface area contributed by atoms with E-state index in [0.717, 1.165) is 31.9 Å². The number of benzene rings is 2. The van der Waals surface area contributed by atoms with Crippen molar-refractivity contribution in [3.63, 3.8) is 0 Å². The van der Waals surface area contributed by atoms with Gasteiger partial charge in [0.05, 0.1) is 4.90 Å². The van der Waals surface area contributed by atoms with Gasteiger partial charge in [-0.1, -0.05) is 18.2 Å². The third-order valence-electron chi connectivity index (χ3n) is 3.91. The zero-order valence-corrected chi connectivity index (χ0v) is 13.0. The van der Waals surface area contributed by atoms with Gasteiger partial charge in [0.2, 0.25) is 0 Å². The number of anilines is 2. The van der Waals surface area contributed by atoms with Crippen molar-refractivity contribution in [1.29, 1.82) is 0 Å². The molecular weight excluding hydrogens is 298 g/mol. The van der Waals surface area contributed by atoms with Gasteiger partial charge in [0.25, 0.3) is 10.0 Å². The van der Waals surface area contributed by atoms with E-state index in [0.29, 0.717) is 0 Å². The number of hydrogen-bond acceptors (Lipinski definition) is 4. The van der Waals surface area contributed by atoms with E-state index in [2.05, 4.69) is 21.9 Å². The van der Waals surface area contributed by atoms with E-state index < -0.39 is 10.0 Å². The minimum absolute atomic E-state index is 0.0409. The molecule has 1 heterocycles. The highest BCUT2D eigenvalue weighted by molar-refractivity contribution is 7.88. The number of sulfonamides is 1. The second-order valence-corrected chi connectivity index (χ2v) is 6.79. The van der Waals surface area contributed by atoms with E-state index in [1.54, 1.807) is 12.1 Å². The predicted octanol–water partition coefficient (Wildman–Crippen LogP) is 1.98. The lowest BCUT2D eigenvalue weighted by Crippen LogP contribution is -2.46. The molecule has 115 valence electrons. The Morgan fingerprint density at radius 3 is 1.64 bits per heavy atom. The minimum Gasteiger partial charge on any atom is -0.368 e. The molecule has 2 aromatic carbocycles. The summed E-state index contributed by atoms with van der Waals surface area (Å²) in [7, 11) is -3.87. The summed E-state index contributed by atoms with van der Waals surface area (Å²) in [4.78, 5) is 4.62. The maximum absolute atomic E-state index is 11.2. The van der Waals surface area contributed by atoms with Crippen LogP contribution in [0.25, 0.3) is 0 Å². The quantitative estimate of drug-likeness (QED) is 0.868. The van der Waals surface area contributed by atoms with Crippen LogP contribution in [0.2, 0.25) is 0 Å². The van der Waals surface area contributed by atoms with E-state index in [1.165, 1.54) is 17.8 Å². The van der Waals surface area contributed by atoms with Crippen LogP contribution in [-0.4, -0.2) is 34.6 Å². The second kappa shape index (κ2) is 5.98. The molecule has 1 aliphatic rings. The Kier molecular flexibility index (Phi) is 4.04. The van der Waals surface area contributed by atoms with Gasteiger partial charge in [-0.2, -0.15) is 0 Å². The SMILES string of the molecule is [NH]S(=O)(=O)c1ccc(N2CCN(c3ccccc3)CC2)cc1. The van der Waals surface area contributed by atoms with E-state index in [9.17, 15) is 8.42 Å². The number of nitrogens with one attached hydrogen (secondary N) is 1. The Hall–Kier alpha value is -2.05. The third-order valence-corrected chi connectivity index (χ3v) is 4.81. The molecule has 0 unspecified atom stereocenters. The van der Waals surface area contributed by atoms with E-state index in [-0.39, 0.29) is 4.90 Å². The van der Waals surface area contributed by atoms with Gasteiger partial charge in [0.1, 0.15) is 0 Å². The highest BCUT2D eigenvalue weighted by Crippen LogP contribution is 2.21. The first-order valence-corrected chi connectivity index (χ1v) is 8.67. The molecule has 1 aliphatic heterocycles. The van der Waals surface area contributed by atoms with Crippen LogP contribution >= 0.6 is 0 Å². The maximum atomic E-state index is 11.2. The summed E-state index contributed by atoms with van der Waals surface area (Å²) in [6, 6.07) is 16.9. The Labute approximate surface area is 131 Å². The van der Waals surface area contributed by atoms with E-state index in [1.807, 2.05) is 18.2 Å². The zero-order chi connectivity index (χ0) is 15.6. The Bertz CT molecular complexity index is 722. The maximum Gasteiger partial charge on any atom is 0.254 e. The van der Waals surface area contributed by atoms with E-state index >= 15 is 0 Å². The Balaban J connectivity index is 1.66. The summed E-state index contributed by atoms with van der Waals surface area (Å²) < 4.78 is 22.3. The normalized spacial score (nSPS) is 15.9. The van der Waals surface area contributed by atoms with Gasteiger partial charge in [-0.05, 0) is 36.4 Å². The van der Waals surface area contributed by atoms with Crippen LogP contribution in [-0.2, 0) is 10.0 Å². The van der Waals surface area contributed by atoms with Gasteiger partial charge < -0.3 is 9.80 Å². The topological polar surface area (TPSA) is 64.4 Å². The summed E-state index contributed by atoms with van der Waals surface area (Å²) >= 11 is 0. The first-order chi connectivity index (χ1) is 10.5. The fourth-order valence-corrected chi connectivity index (χ4v) is 3.19. The van der Waals surface area contributed by atoms with Crippen molar-refractivity contribution < 1.29 is 8.42 Å². The van der Waals surface area contributed by atoms with Crippen LogP contribution in [0.5, 0.6) is 0 Å². The molecule has 1 saturated heterocycles. The molecule has 0 aromatic heterocycles. The fraction of sp³-hybridized carbons (Fsp3) is 0.250. The standard InChI is InChI=1S/C16H18N3O2S/c17-22(20,21)16-8-6-15(7-9-16)19-12-10-18(11-13-19)14-4-2-1-3-5-14/h1-9,17H,10-13H2. The van der Waals surface area contributed by atoms with Crippen molar-refractivity contribution in [2.24, 2.45) is 0 Å². The lowest BCUT2D eigenvalue weighted by Gasteiger charge is -2.37. The first-order valence-electron chi connectivity index (χ1n) is 7.19. The van der Waals surface area contributed by atoms with Gasteiger partial charge in [0, 0.05) is 37.6 Å². The van der Waals surface area contributed by atoms with Gasteiger partial charge in [0.15, 0.2) is 0 Å². The summed E-state index contributed by atoms with van der Waals surface area (Å²) in [5.41, 5.74) is 2.23. The second-order valence-electron chi connectivity index (χ2n) is 5.31. The molecule has 0 amide bonds. The van der Waals surface area contributed by atoms with Gasteiger partial charge >= 0.3 is 0 Å². The predicted molar refractivity (Wildman–Crippen MR) is 87.6 cm³/mol. The van der Waals surface area contributed by atoms with Crippen molar-refractivity contribution in [3.8, 4) is 0 Å². The van der Waals surface area contributed by atoms with Crippen LogP contribution < -0.4 is 14.9 Å². The number of nitrogens with zero attached hydrogens (tertiary/aromatic N) is 2. The van der Waals surface area contributed by atoms with Crippen molar-refractivity contribution in [3.05, 3.63) is 54.6 Å². The molecule has 0 aliphatic carbocycles. The molecule has 6 heteroatoms. The van der Waals surface area contributed by atoms with Gasteiger partial charge in [-0.15, -0.1) is 5.14 Å². The number of rotatable bonds is 3. The van der Waals surface area contributed by atoms with Crippen LogP contribution in [0.15, 0.2) is 59.5 Å². The summed E-state index contributed by atoms with van der Waals surface area (Å²) in [6.45, 7) is 3.65. The summed E-state index contributed by atoms with van der Waals surface area (Å²) in [5, 5.41) is 7.06. The largest absolute Gasteiger partial charge is 0.368 e. The van der Waals surface area contributed by atoms with Crippen molar-refractivity contribution in [2.45, 2.75) is 4.90 Å². The zero-order valence-electron chi connectivity index (χ0n) is 12.1. The molecule has 1 N–H and O–H groups in total. The van der Waals surface area contributed by atoms with Crippen LogP contribution in [0, 0.1) is 0 Å². The molecule has 22 heavy (non-hydrogen) atoms. The average Bonchev–Trinajstić information content (AvgIpc) is 2.55. The molecule has 0 atom stereocenters. The average molecular weight is 316 g/mol. The monoisotopic (exact) mass is 316 g/mol. The lowest BCUT2D eigenvalue weighted by atomic mass is 10.2. The molecule has 2 aromatic rings. The van der Waals surface area contributed by atoms with Gasteiger partial charge in [-0.3, -0.25) is 0 Å². The van der Waals surface area contributed by atoms with Crippen molar-refractivity contribution in [1.82, 2.24) is 5.14 Å². The van der Waals surface area contributed by atoms with E-state index in [4.69, 9.17) is 5.14 Å². The Morgan fingerprint density at radius 1 is 0.727 bits per heavy atom. The first kappa shape index (κ1) is 14.9. The van der Waals surface area contributed by atoms with Crippen LogP contribution in [0.3, 0.4) is 0 Å². The van der Waals surface area contributed by atoms with Gasteiger partial charge in [-0.25, -0.2) is 8.42 Å². The van der Waals surface area contributed by atoms with Crippen molar-refractivity contribution >= 4 is 21.4 Å². The molecule has 3 rings (SSSR count). The summed E-state index contributed by atoms with van der Waals surface area (Å²) in [5.74, 6) is 0. The molecule has 0 spiro atoms. The van der Waals surface area contributed by atoms with Crippen LogP contribution in [0.1, 0.15) is 0 Å². The molecule has 1 fully saturated rings. The molecule has 1 radical (unpaired) electrons. The smallest absolute Gasteiger partial charge is 0.254 e. The van der Waals surface area contributed by atoms with Crippen LogP contribution in [0.4, 0.5) is 11.4 Å². The Morgan fingerprint density at radius 2 is 1.18 bits per heavy atom. The highest BCUT2D eigenvalue weighted by Gasteiger charge is 2.18. The number of para-hydroxylation sites is 1. The third kappa shape index (κ3) is 3.23. The van der Waals surface area contributed by atoms with Crippen molar-refractivity contribution in [2.75, 3.05) is 36.0 Å². The molecule has 0 saturated carbocycles. The highest BCUT2D eigenvalue weighted by atomic mass is 32.2. The molecule has 0 bridgehead atoms. The molecule has 5 nitrogen and oxygen atoms in total. The minimum atomic E-state index is -3.87. The molecular formula is C16H18N3O2S. The fourth-order valence-electron chi connectivity index (χ4n) is 2.70. The summed E-state index contributed by atoms with van der Waals surface area (Å²) in [6.07, 6.45) is 0. The number of hydrogen-bond donors (Lipinski definition) is 0. The lowest BCUT2D eigenvalue weighted by molar-refractivity contribution is 0.596. The number of piperazine rings is 1.